The molecular formula is C24H36F3N3O6. The quantitative estimate of drug-likeness (QED) is 0.556. The number of carbonyl (C=O) groups excluding carboxylic acids is 2. The fraction of sp³-hybridized carbons (Fsp3) is 0.667. The monoisotopic (exact) mass is 519 g/mol. The van der Waals surface area contributed by atoms with Crippen LogP contribution in [0.2, 0.25) is 0 Å². The molecule has 1 heterocycles. The highest BCUT2D eigenvalue weighted by atomic mass is 19.4. The zero-order valence-corrected chi connectivity index (χ0v) is 20.7. The number of nitrogens with zero attached hydrogens (tertiary/aromatic N) is 2. The van der Waals surface area contributed by atoms with E-state index in [1.165, 1.54) is 31.1 Å². The van der Waals surface area contributed by atoms with E-state index in [4.69, 9.17) is 9.47 Å². The molecule has 0 spiro atoms. The number of hydrogen-bond acceptors (Lipinski definition) is 7. The summed E-state index contributed by atoms with van der Waals surface area (Å²) in [6, 6.07) is 4.46. The van der Waals surface area contributed by atoms with Gasteiger partial charge in [0, 0.05) is 46.0 Å². The molecule has 2 rings (SSSR count). The van der Waals surface area contributed by atoms with E-state index in [2.05, 4.69) is 5.32 Å². The van der Waals surface area contributed by atoms with Crippen molar-refractivity contribution in [2.75, 3.05) is 58.4 Å². The molecule has 1 aromatic carbocycles. The molecule has 1 aromatic rings. The third kappa shape index (κ3) is 10.0. The summed E-state index contributed by atoms with van der Waals surface area (Å²) < 4.78 is 49.6. The number of carbonyl (C=O) groups is 2. The summed E-state index contributed by atoms with van der Waals surface area (Å²) in [5.74, 6) is -0.675. The standard InChI is InChI=1S/C24H36F3N3O6/c1-17(31)30-11-6-10-29(9-3-4-12-36-16-20(32)23(34)21(14-30)35-2)15-22(33)28-19-8-5-7-18(13-19)24(25,26)27/h5,7-8,13,20-21,23,32,34H,3-4,6,9-12,14-16H2,1-2H3,(H,28,33)/t20-,21-,23-/m0/s1. The fourth-order valence-electron chi connectivity index (χ4n) is 3.94. The molecule has 0 unspecified atom stereocenters. The van der Waals surface area contributed by atoms with Gasteiger partial charge in [-0.05, 0) is 44.0 Å². The Kier molecular flexibility index (Phi) is 12.1. The van der Waals surface area contributed by atoms with Crippen LogP contribution in [0.15, 0.2) is 24.3 Å². The molecule has 0 bridgehead atoms. The maximum absolute atomic E-state index is 13.0. The topological polar surface area (TPSA) is 112 Å². The van der Waals surface area contributed by atoms with Gasteiger partial charge in [-0.1, -0.05) is 6.07 Å². The van der Waals surface area contributed by atoms with Gasteiger partial charge >= 0.3 is 6.18 Å². The summed E-state index contributed by atoms with van der Waals surface area (Å²) in [5, 5.41) is 23.2. The minimum Gasteiger partial charge on any atom is -0.388 e. The molecule has 1 fully saturated rings. The maximum atomic E-state index is 13.0. The lowest BCUT2D eigenvalue weighted by molar-refractivity contribution is -0.137. The Labute approximate surface area is 209 Å². The Morgan fingerprint density at radius 2 is 1.89 bits per heavy atom. The minimum atomic E-state index is -4.51. The van der Waals surface area contributed by atoms with Crippen LogP contribution in [0.3, 0.4) is 0 Å². The lowest BCUT2D eigenvalue weighted by Gasteiger charge is -2.31. The van der Waals surface area contributed by atoms with E-state index in [9.17, 15) is 33.0 Å². The first-order chi connectivity index (χ1) is 17.0. The van der Waals surface area contributed by atoms with E-state index >= 15 is 0 Å². The molecule has 0 aromatic heterocycles. The smallest absolute Gasteiger partial charge is 0.388 e. The molecule has 2 amide bonds. The van der Waals surface area contributed by atoms with Gasteiger partial charge in [0.25, 0.3) is 0 Å². The highest BCUT2D eigenvalue weighted by Crippen LogP contribution is 2.30. The number of hydrogen-bond donors (Lipinski definition) is 3. The van der Waals surface area contributed by atoms with E-state index in [-0.39, 0.29) is 31.3 Å². The van der Waals surface area contributed by atoms with Crippen molar-refractivity contribution >= 4 is 17.5 Å². The number of alkyl halides is 3. The number of rotatable bonds is 4. The van der Waals surface area contributed by atoms with Gasteiger partial charge in [-0.2, -0.15) is 13.2 Å². The average Bonchev–Trinajstić information content (AvgIpc) is 2.81. The predicted octanol–water partition coefficient (Wildman–Crippen LogP) is 1.73. The molecule has 1 aliphatic heterocycles. The van der Waals surface area contributed by atoms with Gasteiger partial charge in [0.2, 0.25) is 11.8 Å². The van der Waals surface area contributed by atoms with Crippen molar-refractivity contribution in [3.05, 3.63) is 29.8 Å². The van der Waals surface area contributed by atoms with Gasteiger partial charge in [-0.3, -0.25) is 14.5 Å². The van der Waals surface area contributed by atoms with Crippen molar-refractivity contribution in [3.8, 4) is 0 Å². The highest BCUT2D eigenvalue weighted by Gasteiger charge is 2.31. The van der Waals surface area contributed by atoms with Gasteiger partial charge in [0.05, 0.1) is 18.7 Å². The Morgan fingerprint density at radius 3 is 2.56 bits per heavy atom. The van der Waals surface area contributed by atoms with Crippen LogP contribution >= 0.6 is 0 Å². The molecule has 36 heavy (non-hydrogen) atoms. The third-order valence-electron chi connectivity index (χ3n) is 5.97. The zero-order valence-electron chi connectivity index (χ0n) is 20.7. The minimum absolute atomic E-state index is 0.0324. The first-order valence-electron chi connectivity index (χ1n) is 11.9. The second-order valence-corrected chi connectivity index (χ2v) is 8.84. The van der Waals surface area contributed by atoms with Crippen molar-refractivity contribution in [1.82, 2.24) is 9.80 Å². The molecule has 0 saturated carbocycles. The van der Waals surface area contributed by atoms with Crippen molar-refractivity contribution in [3.63, 3.8) is 0 Å². The second kappa shape index (κ2) is 14.5. The fourth-order valence-corrected chi connectivity index (χ4v) is 3.94. The summed E-state index contributed by atoms with van der Waals surface area (Å²) in [7, 11) is 1.39. The van der Waals surface area contributed by atoms with Gasteiger partial charge in [-0.15, -0.1) is 0 Å². The molecule has 204 valence electrons. The number of ether oxygens (including phenoxy) is 2. The van der Waals surface area contributed by atoms with Gasteiger partial charge in [0.1, 0.15) is 18.3 Å². The number of aliphatic hydroxyl groups excluding tert-OH is 2. The van der Waals surface area contributed by atoms with Crippen molar-refractivity contribution < 1.29 is 42.4 Å². The zero-order chi connectivity index (χ0) is 26.7. The molecule has 0 aliphatic carbocycles. The Hall–Kier alpha value is -2.25. The Balaban J connectivity index is 2.04. The molecule has 1 aliphatic rings. The van der Waals surface area contributed by atoms with E-state index in [0.717, 1.165) is 12.1 Å². The van der Waals surface area contributed by atoms with Crippen LogP contribution in [-0.2, 0) is 25.2 Å². The van der Waals surface area contributed by atoms with Crippen molar-refractivity contribution in [2.45, 2.75) is 50.7 Å². The summed E-state index contributed by atoms with van der Waals surface area (Å²) in [6.07, 6.45) is -5.90. The van der Waals surface area contributed by atoms with Crippen LogP contribution in [0.5, 0.6) is 0 Å². The van der Waals surface area contributed by atoms with Crippen LogP contribution < -0.4 is 5.32 Å². The van der Waals surface area contributed by atoms with E-state index < -0.39 is 36.0 Å². The Bertz CT molecular complexity index is 842. The Morgan fingerprint density at radius 1 is 1.17 bits per heavy atom. The number of amides is 2. The first-order valence-corrected chi connectivity index (χ1v) is 11.9. The lowest BCUT2D eigenvalue weighted by Crippen LogP contribution is -2.48. The normalized spacial score (nSPS) is 24.0. The average molecular weight is 520 g/mol. The molecule has 9 nitrogen and oxygen atoms in total. The number of halogens is 3. The number of anilines is 1. The summed E-state index contributed by atoms with van der Waals surface area (Å²) in [4.78, 5) is 28.1. The maximum Gasteiger partial charge on any atom is 0.416 e. The first kappa shape index (κ1) is 30.0. The molecule has 0 radical (unpaired) electrons. The van der Waals surface area contributed by atoms with Crippen molar-refractivity contribution in [1.29, 1.82) is 0 Å². The molecule has 1 saturated heterocycles. The SMILES string of the molecule is CO[C@H]1CN(C(C)=O)CCCN(CC(=O)Nc2cccc(C(F)(F)F)c2)CCCCOC[C@H](O)[C@@H]1O. The van der Waals surface area contributed by atoms with E-state index in [0.29, 0.717) is 45.5 Å². The second-order valence-electron chi connectivity index (χ2n) is 8.84. The van der Waals surface area contributed by atoms with Crippen LogP contribution in [-0.4, -0.2) is 103 Å². The number of nitrogens with one attached hydrogen (secondary N) is 1. The lowest BCUT2D eigenvalue weighted by atomic mass is 10.1. The molecule has 3 atom stereocenters. The van der Waals surface area contributed by atoms with Crippen molar-refractivity contribution in [2.24, 2.45) is 0 Å². The van der Waals surface area contributed by atoms with Gasteiger partial charge < -0.3 is 29.9 Å². The van der Waals surface area contributed by atoms with Crippen LogP contribution in [0.1, 0.15) is 31.7 Å². The third-order valence-corrected chi connectivity index (χ3v) is 5.97. The van der Waals surface area contributed by atoms with Crippen LogP contribution in [0, 0.1) is 0 Å². The van der Waals surface area contributed by atoms with Gasteiger partial charge in [0.15, 0.2) is 0 Å². The number of methoxy groups -OCH3 is 1. The van der Waals surface area contributed by atoms with Crippen LogP contribution in [0.4, 0.5) is 18.9 Å². The highest BCUT2D eigenvalue weighted by molar-refractivity contribution is 5.92. The molecular weight excluding hydrogens is 483 g/mol. The van der Waals surface area contributed by atoms with E-state index in [1.807, 2.05) is 4.90 Å². The van der Waals surface area contributed by atoms with E-state index in [1.54, 1.807) is 0 Å². The summed E-state index contributed by atoms with van der Waals surface area (Å²) in [5.41, 5.74) is -0.782. The molecule has 12 heteroatoms. The number of benzene rings is 1. The number of aliphatic hydroxyl groups is 2. The predicted molar refractivity (Wildman–Crippen MR) is 126 cm³/mol. The molecule has 3 N–H and O–H groups in total. The summed E-state index contributed by atoms with van der Waals surface area (Å²) in [6.45, 7) is 3.01. The summed E-state index contributed by atoms with van der Waals surface area (Å²) >= 11 is 0. The largest absolute Gasteiger partial charge is 0.416 e. The van der Waals surface area contributed by atoms with Crippen LogP contribution in [0.25, 0.3) is 0 Å². The van der Waals surface area contributed by atoms with Gasteiger partial charge in [-0.25, -0.2) is 0 Å².